The Kier molecular flexibility index (Phi) is 3.95. The summed E-state index contributed by atoms with van der Waals surface area (Å²) in [5.74, 6) is -0.165. The van der Waals surface area contributed by atoms with Gasteiger partial charge in [-0.15, -0.1) is 0 Å². The molecule has 3 N–H and O–H groups in total. The van der Waals surface area contributed by atoms with Crippen molar-refractivity contribution < 1.29 is 4.39 Å². The van der Waals surface area contributed by atoms with Crippen LogP contribution in [-0.2, 0) is 6.54 Å². The Bertz CT molecular complexity index is 370. The van der Waals surface area contributed by atoms with Gasteiger partial charge in [0.25, 0.3) is 0 Å². The van der Waals surface area contributed by atoms with E-state index in [0.717, 1.165) is 17.3 Å². The van der Waals surface area contributed by atoms with Gasteiger partial charge in [0.05, 0.1) is 0 Å². The molecule has 1 aromatic rings. The zero-order chi connectivity index (χ0) is 11.5. The molecule has 0 saturated heterocycles. The molecule has 0 spiro atoms. The van der Waals surface area contributed by atoms with E-state index < -0.39 is 0 Å². The van der Waals surface area contributed by atoms with Gasteiger partial charge in [-0.2, -0.15) is 0 Å². The molecule has 0 heterocycles. The van der Waals surface area contributed by atoms with Crippen LogP contribution >= 0.6 is 15.9 Å². The Morgan fingerprint density at radius 2 is 2.25 bits per heavy atom. The minimum absolute atomic E-state index is 0.165. The lowest BCUT2D eigenvalue weighted by Gasteiger charge is -2.17. The summed E-state index contributed by atoms with van der Waals surface area (Å²) in [7, 11) is 0. The normalized spacial score (nSPS) is 24.9. The average molecular weight is 287 g/mol. The molecule has 0 amide bonds. The number of hydrogen-bond acceptors (Lipinski definition) is 2. The highest BCUT2D eigenvalue weighted by atomic mass is 79.9. The van der Waals surface area contributed by atoms with Crippen LogP contribution in [0.15, 0.2) is 22.7 Å². The monoisotopic (exact) mass is 286 g/mol. The molecule has 88 valence electrons. The smallest absolute Gasteiger partial charge is 0.127 e. The Labute approximate surface area is 104 Å². The largest absolute Gasteiger partial charge is 0.326 e. The number of benzene rings is 1. The second-order valence-corrected chi connectivity index (χ2v) is 5.23. The van der Waals surface area contributed by atoms with E-state index in [0.29, 0.717) is 18.2 Å². The molecule has 2 rings (SSSR count). The van der Waals surface area contributed by atoms with Crippen molar-refractivity contribution in [3.63, 3.8) is 0 Å². The first kappa shape index (κ1) is 12.0. The van der Waals surface area contributed by atoms with Gasteiger partial charge in [-0.25, -0.2) is 4.39 Å². The lowest BCUT2D eigenvalue weighted by molar-refractivity contribution is 0.467. The average Bonchev–Trinajstić information content (AvgIpc) is 2.66. The number of rotatable bonds is 3. The van der Waals surface area contributed by atoms with Gasteiger partial charge in [0, 0.05) is 28.7 Å². The van der Waals surface area contributed by atoms with Crippen LogP contribution in [0.2, 0.25) is 0 Å². The molecule has 1 fully saturated rings. The van der Waals surface area contributed by atoms with Gasteiger partial charge in [-0.3, -0.25) is 0 Å². The summed E-state index contributed by atoms with van der Waals surface area (Å²) in [4.78, 5) is 0. The second-order valence-electron chi connectivity index (χ2n) is 4.32. The van der Waals surface area contributed by atoms with Gasteiger partial charge < -0.3 is 11.1 Å². The quantitative estimate of drug-likeness (QED) is 0.896. The summed E-state index contributed by atoms with van der Waals surface area (Å²) in [5, 5.41) is 3.33. The predicted octanol–water partition coefficient (Wildman–Crippen LogP) is 2.56. The van der Waals surface area contributed by atoms with E-state index >= 15 is 0 Å². The van der Waals surface area contributed by atoms with Gasteiger partial charge in [0.2, 0.25) is 0 Å². The maximum Gasteiger partial charge on any atom is 0.127 e. The Morgan fingerprint density at radius 3 is 2.94 bits per heavy atom. The molecular weight excluding hydrogens is 271 g/mol. The number of halogens is 2. The van der Waals surface area contributed by atoms with Crippen LogP contribution in [0.5, 0.6) is 0 Å². The zero-order valence-electron chi connectivity index (χ0n) is 9.05. The summed E-state index contributed by atoms with van der Waals surface area (Å²) in [6.07, 6.45) is 3.33. The van der Waals surface area contributed by atoms with Crippen LogP contribution in [0.25, 0.3) is 0 Å². The summed E-state index contributed by atoms with van der Waals surface area (Å²) in [6.45, 7) is 0.545. The fourth-order valence-corrected chi connectivity index (χ4v) is 2.57. The number of hydrogen-bond donors (Lipinski definition) is 2. The highest BCUT2D eigenvalue weighted by Crippen LogP contribution is 2.19. The van der Waals surface area contributed by atoms with Crippen molar-refractivity contribution in [2.24, 2.45) is 5.73 Å². The number of nitrogens with one attached hydrogen (secondary N) is 1. The first-order chi connectivity index (χ1) is 7.66. The molecule has 0 aliphatic heterocycles. The molecule has 0 radical (unpaired) electrons. The fourth-order valence-electron chi connectivity index (χ4n) is 2.16. The minimum atomic E-state index is -0.165. The summed E-state index contributed by atoms with van der Waals surface area (Å²) in [5.41, 5.74) is 6.63. The van der Waals surface area contributed by atoms with Gasteiger partial charge >= 0.3 is 0 Å². The molecule has 1 aliphatic carbocycles. The topological polar surface area (TPSA) is 38.0 Å². The van der Waals surface area contributed by atoms with Gasteiger partial charge in [-0.05, 0) is 31.0 Å². The van der Waals surface area contributed by atoms with Gasteiger partial charge in [0.15, 0.2) is 0 Å². The van der Waals surface area contributed by atoms with E-state index in [2.05, 4.69) is 21.2 Å². The Hall–Kier alpha value is -0.450. The van der Waals surface area contributed by atoms with Gasteiger partial charge in [0.1, 0.15) is 5.82 Å². The Morgan fingerprint density at radius 1 is 1.44 bits per heavy atom. The molecular formula is C12H16BrFN2. The zero-order valence-corrected chi connectivity index (χ0v) is 10.6. The van der Waals surface area contributed by atoms with Crippen molar-refractivity contribution in [2.75, 3.05) is 0 Å². The van der Waals surface area contributed by atoms with E-state index in [1.54, 1.807) is 6.07 Å². The lowest BCUT2D eigenvalue weighted by Crippen LogP contribution is -2.40. The Balaban J connectivity index is 1.96. The summed E-state index contributed by atoms with van der Waals surface area (Å²) in [6, 6.07) is 5.55. The van der Waals surface area contributed by atoms with E-state index in [-0.39, 0.29) is 11.9 Å². The van der Waals surface area contributed by atoms with Crippen molar-refractivity contribution in [1.82, 2.24) is 5.32 Å². The number of nitrogens with two attached hydrogens (primary N) is 1. The SMILES string of the molecule is NC1CCCC1NCc1cc(Br)ccc1F. The van der Waals surface area contributed by atoms with Crippen LogP contribution in [0, 0.1) is 5.82 Å². The maximum absolute atomic E-state index is 13.4. The van der Waals surface area contributed by atoms with Crippen LogP contribution < -0.4 is 11.1 Å². The first-order valence-electron chi connectivity index (χ1n) is 5.59. The molecule has 1 aliphatic rings. The van der Waals surface area contributed by atoms with Crippen molar-refractivity contribution in [1.29, 1.82) is 0 Å². The molecule has 2 nitrogen and oxygen atoms in total. The van der Waals surface area contributed by atoms with E-state index in [1.165, 1.54) is 12.5 Å². The van der Waals surface area contributed by atoms with Crippen LogP contribution in [0.4, 0.5) is 4.39 Å². The van der Waals surface area contributed by atoms with Crippen molar-refractivity contribution in [2.45, 2.75) is 37.9 Å². The predicted molar refractivity (Wildman–Crippen MR) is 66.6 cm³/mol. The van der Waals surface area contributed by atoms with E-state index in [4.69, 9.17) is 5.73 Å². The van der Waals surface area contributed by atoms with Crippen LogP contribution in [0.1, 0.15) is 24.8 Å². The van der Waals surface area contributed by atoms with Crippen molar-refractivity contribution in [3.8, 4) is 0 Å². The summed E-state index contributed by atoms with van der Waals surface area (Å²) >= 11 is 3.34. The van der Waals surface area contributed by atoms with Gasteiger partial charge in [-0.1, -0.05) is 22.4 Å². The van der Waals surface area contributed by atoms with Crippen molar-refractivity contribution >= 4 is 15.9 Å². The highest BCUT2D eigenvalue weighted by molar-refractivity contribution is 9.10. The molecule has 2 unspecified atom stereocenters. The molecule has 2 atom stereocenters. The summed E-state index contributed by atoms with van der Waals surface area (Å²) < 4.78 is 14.4. The third kappa shape index (κ3) is 2.81. The fraction of sp³-hybridized carbons (Fsp3) is 0.500. The molecule has 1 aromatic carbocycles. The second kappa shape index (κ2) is 5.25. The van der Waals surface area contributed by atoms with E-state index in [9.17, 15) is 4.39 Å². The molecule has 4 heteroatoms. The molecule has 0 bridgehead atoms. The standard InChI is InChI=1S/C12H16BrFN2/c13-9-4-5-10(14)8(6-9)7-16-12-3-1-2-11(12)15/h4-6,11-12,16H,1-3,7,15H2. The minimum Gasteiger partial charge on any atom is -0.326 e. The molecule has 1 saturated carbocycles. The lowest BCUT2D eigenvalue weighted by atomic mass is 10.1. The maximum atomic E-state index is 13.4. The van der Waals surface area contributed by atoms with Crippen LogP contribution in [0.3, 0.4) is 0 Å². The third-order valence-electron chi connectivity index (χ3n) is 3.13. The van der Waals surface area contributed by atoms with E-state index in [1.807, 2.05) is 6.07 Å². The molecule has 0 aromatic heterocycles. The first-order valence-corrected chi connectivity index (χ1v) is 6.39. The van der Waals surface area contributed by atoms with Crippen LogP contribution in [-0.4, -0.2) is 12.1 Å². The van der Waals surface area contributed by atoms with Crippen molar-refractivity contribution in [3.05, 3.63) is 34.1 Å². The molecule has 16 heavy (non-hydrogen) atoms. The third-order valence-corrected chi connectivity index (χ3v) is 3.63. The highest BCUT2D eigenvalue weighted by Gasteiger charge is 2.23.